The number of rotatable bonds is 9. The number of nitrogens with one attached hydrogen (secondary N) is 2. The lowest BCUT2D eigenvalue weighted by molar-refractivity contribution is -0.142. The lowest BCUT2D eigenvalue weighted by atomic mass is 10.0. The van der Waals surface area contributed by atoms with Gasteiger partial charge in [0.05, 0.1) is 19.4 Å². The lowest BCUT2D eigenvalue weighted by Crippen LogP contribution is -2.55. The first kappa shape index (κ1) is 35.1. The molecule has 44 heavy (non-hydrogen) atoms. The fourth-order valence-corrected chi connectivity index (χ4v) is 9.27. The molecule has 14 heteroatoms. The van der Waals surface area contributed by atoms with Crippen molar-refractivity contribution in [2.45, 2.75) is 69.9 Å². The van der Waals surface area contributed by atoms with E-state index in [0.717, 1.165) is 16.4 Å². The zero-order valence-corrected chi connectivity index (χ0v) is 28.2. The average Bonchev–Trinajstić information content (AvgIpc) is 3.11. The Morgan fingerprint density at radius 2 is 1.86 bits per heavy atom. The molecule has 3 aliphatic rings. The van der Waals surface area contributed by atoms with Crippen molar-refractivity contribution < 1.29 is 27.5 Å². The van der Waals surface area contributed by atoms with Crippen LogP contribution in [-0.2, 0) is 19.6 Å². The Labute approximate surface area is 263 Å². The van der Waals surface area contributed by atoms with Crippen LogP contribution in [0.25, 0.3) is 0 Å². The molecular weight excluding hydrogens is 601 g/mol. The molecule has 4 amide bonds. The molecule has 0 saturated carbocycles. The standard InChI is InChI=1S/C30H48N6O6SSi/c1-42-28(37)27(24-25-12-10-17-32-36(19-11-13-25)43(40,41)22-23-44(2,3)4)33-30(39)34-20-14-26(15-21-34)35-18-9-7-5-6-8-16-31-29(35)38/h5-8,11-13,17,26-27H,9-10,14-16,18-24H2,1-4H3,(H,31,38)(H,33,39)/b7-5-,8-6-,13-11?,25-12?,32-17-/t27-/m1/s1. The van der Waals surface area contributed by atoms with E-state index >= 15 is 0 Å². The van der Waals surface area contributed by atoms with Gasteiger partial charge in [0, 0.05) is 59.4 Å². The SMILES string of the molecule is COC(=O)[C@@H](CC1=CC/C=N\N(S(=O)(=O)CC[Si](C)(C)C)CC=C1)NC(=O)N1CCC(N2CC/C=C\C=C/CNC2=O)CC1. The summed E-state index contributed by atoms with van der Waals surface area (Å²) in [6.07, 6.45) is 17.3. The molecule has 12 nitrogen and oxygen atoms in total. The van der Waals surface area contributed by atoms with Crippen molar-refractivity contribution in [1.29, 1.82) is 0 Å². The summed E-state index contributed by atoms with van der Waals surface area (Å²) in [4.78, 5) is 42.2. The molecule has 2 N–H and O–H groups in total. The Bertz CT molecular complexity index is 1260. The maximum absolute atomic E-state index is 13.2. The summed E-state index contributed by atoms with van der Waals surface area (Å²) in [5.41, 5.74) is 0.755. The number of likely N-dealkylation sites (tertiary alicyclic amines) is 1. The van der Waals surface area contributed by atoms with Crippen LogP contribution in [0.15, 0.2) is 53.2 Å². The van der Waals surface area contributed by atoms with Crippen LogP contribution in [0.4, 0.5) is 9.59 Å². The fourth-order valence-electron chi connectivity index (χ4n) is 5.05. The van der Waals surface area contributed by atoms with Crippen LogP contribution >= 0.6 is 0 Å². The van der Waals surface area contributed by atoms with Crippen LogP contribution in [0.1, 0.15) is 32.1 Å². The number of sulfonamides is 1. The number of methoxy groups -OCH3 is 1. The van der Waals surface area contributed by atoms with E-state index in [0.29, 0.717) is 51.5 Å². The zero-order chi connectivity index (χ0) is 32.2. The maximum Gasteiger partial charge on any atom is 0.328 e. The average molecular weight is 649 g/mol. The van der Waals surface area contributed by atoms with Crippen LogP contribution in [0, 0.1) is 0 Å². The summed E-state index contributed by atoms with van der Waals surface area (Å²) in [7, 11) is -3.82. The Morgan fingerprint density at radius 3 is 2.57 bits per heavy atom. The van der Waals surface area contributed by atoms with Crippen molar-refractivity contribution in [2.24, 2.45) is 5.10 Å². The molecule has 0 bridgehead atoms. The van der Waals surface area contributed by atoms with Crippen LogP contribution < -0.4 is 10.6 Å². The number of ether oxygens (including phenoxy) is 1. The minimum Gasteiger partial charge on any atom is -0.467 e. The van der Waals surface area contributed by atoms with Gasteiger partial charge in [-0.15, -0.1) is 0 Å². The first-order valence-electron chi connectivity index (χ1n) is 15.3. The van der Waals surface area contributed by atoms with E-state index in [9.17, 15) is 22.8 Å². The van der Waals surface area contributed by atoms with Gasteiger partial charge in [-0.25, -0.2) is 22.8 Å². The number of esters is 1. The van der Waals surface area contributed by atoms with E-state index in [1.165, 1.54) is 13.3 Å². The molecule has 3 aliphatic heterocycles. The van der Waals surface area contributed by atoms with Crippen molar-refractivity contribution in [1.82, 2.24) is 24.8 Å². The Morgan fingerprint density at radius 1 is 1.14 bits per heavy atom. The number of nitrogens with zero attached hydrogens (tertiary/aromatic N) is 4. The van der Waals surface area contributed by atoms with Gasteiger partial charge in [-0.3, -0.25) is 0 Å². The molecule has 1 fully saturated rings. The van der Waals surface area contributed by atoms with Gasteiger partial charge in [0.2, 0.25) is 10.0 Å². The summed E-state index contributed by atoms with van der Waals surface area (Å²) in [6.45, 7) is 8.44. The van der Waals surface area contributed by atoms with E-state index in [1.54, 1.807) is 17.1 Å². The Hall–Kier alpha value is -3.39. The highest BCUT2D eigenvalue weighted by Crippen LogP contribution is 2.19. The van der Waals surface area contributed by atoms with Gasteiger partial charge in [-0.2, -0.15) is 9.52 Å². The van der Waals surface area contributed by atoms with Crippen molar-refractivity contribution >= 4 is 42.3 Å². The number of hydrazone groups is 1. The molecule has 1 saturated heterocycles. The molecule has 3 rings (SSSR count). The zero-order valence-electron chi connectivity index (χ0n) is 26.4. The maximum atomic E-state index is 13.2. The number of hydrogen-bond acceptors (Lipinski definition) is 7. The Kier molecular flexibility index (Phi) is 13.3. The molecule has 0 aromatic carbocycles. The molecular formula is C30H48N6O6SSi. The monoisotopic (exact) mass is 648 g/mol. The van der Waals surface area contributed by atoms with E-state index < -0.39 is 30.1 Å². The topological polar surface area (TPSA) is 141 Å². The van der Waals surface area contributed by atoms with E-state index in [4.69, 9.17) is 4.74 Å². The van der Waals surface area contributed by atoms with Gasteiger partial charge in [-0.1, -0.05) is 62.2 Å². The van der Waals surface area contributed by atoms with Crippen LogP contribution in [0.5, 0.6) is 0 Å². The van der Waals surface area contributed by atoms with E-state index in [2.05, 4.69) is 35.4 Å². The lowest BCUT2D eigenvalue weighted by Gasteiger charge is -2.38. The second-order valence-electron chi connectivity index (χ2n) is 12.3. The summed E-state index contributed by atoms with van der Waals surface area (Å²) in [5, 5.41) is 9.94. The van der Waals surface area contributed by atoms with Gasteiger partial charge < -0.3 is 25.2 Å². The highest BCUT2D eigenvalue weighted by molar-refractivity contribution is 7.89. The Balaban J connectivity index is 1.58. The largest absolute Gasteiger partial charge is 0.467 e. The van der Waals surface area contributed by atoms with Crippen LogP contribution in [0.3, 0.4) is 0 Å². The predicted molar refractivity (Wildman–Crippen MR) is 176 cm³/mol. The van der Waals surface area contributed by atoms with Crippen molar-refractivity contribution in [3.05, 3.63) is 48.1 Å². The summed E-state index contributed by atoms with van der Waals surface area (Å²) < 4.78 is 31.9. The first-order chi connectivity index (χ1) is 20.9. The third-order valence-corrected chi connectivity index (χ3v) is 11.4. The van der Waals surface area contributed by atoms with Gasteiger partial charge in [0.1, 0.15) is 6.04 Å². The smallest absolute Gasteiger partial charge is 0.328 e. The van der Waals surface area contributed by atoms with Crippen LogP contribution in [-0.4, -0.2) is 113 Å². The number of hydrogen-bond donors (Lipinski definition) is 2. The number of carbonyl (C=O) groups is 3. The van der Waals surface area contributed by atoms with Gasteiger partial charge in [0.25, 0.3) is 0 Å². The van der Waals surface area contributed by atoms with Gasteiger partial charge in [-0.05, 0) is 30.9 Å². The summed E-state index contributed by atoms with van der Waals surface area (Å²) in [5.74, 6) is -0.514. The number of amides is 4. The second kappa shape index (κ2) is 16.6. The molecule has 1 atom stereocenters. The summed E-state index contributed by atoms with van der Waals surface area (Å²) in [6, 6.07) is -0.737. The van der Waals surface area contributed by atoms with Crippen molar-refractivity contribution in [3.8, 4) is 0 Å². The molecule has 0 aliphatic carbocycles. The third-order valence-electron chi connectivity index (χ3n) is 7.69. The minimum atomic E-state index is -3.55. The van der Waals surface area contributed by atoms with E-state index in [1.807, 2.05) is 35.3 Å². The third kappa shape index (κ3) is 11.3. The quantitative estimate of drug-likeness (QED) is 0.290. The van der Waals surface area contributed by atoms with Crippen molar-refractivity contribution in [3.63, 3.8) is 0 Å². The van der Waals surface area contributed by atoms with Crippen LogP contribution in [0.2, 0.25) is 25.7 Å². The minimum absolute atomic E-state index is 0.0157. The number of allylic oxidation sites excluding steroid dienone is 4. The fraction of sp³-hybridized carbons (Fsp3) is 0.600. The number of urea groups is 2. The number of piperidine rings is 1. The highest BCUT2D eigenvalue weighted by Gasteiger charge is 2.31. The second-order valence-corrected chi connectivity index (χ2v) is 19.9. The predicted octanol–water partition coefficient (Wildman–Crippen LogP) is 3.46. The molecule has 0 radical (unpaired) electrons. The summed E-state index contributed by atoms with van der Waals surface area (Å²) >= 11 is 0. The van der Waals surface area contributed by atoms with Gasteiger partial charge in [0.15, 0.2) is 0 Å². The molecule has 3 heterocycles. The van der Waals surface area contributed by atoms with Gasteiger partial charge >= 0.3 is 18.0 Å². The molecule has 0 spiro atoms. The molecule has 0 aromatic rings. The normalized spacial score (nSPS) is 22.0. The molecule has 0 aromatic heterocycles. The highest BCUT2D eigenvalue weighted by atomic mass is 32.2. The molecule has 244 valence electrons. The number of carbonyl (C=O) groups excluding carboxylic acids is 3. The first-order valence-corrected chi connectivity index (χ1v) is 20.6. The van der Waals surface area contributed by atoms with Crippen molar-refractivity contribution in [2.75, 3.05) is 45.6 Å². The van der Waals surface area contributed by atoms with E-state index in [-0.39, 0.29) is 36.8 Å². The molecule has 0 unspecified atom stereocenters.